The van der Waals surface area contributed by atoms with Gasteiger partial charge in [0.05, 0.1) is 0 Å². The number of amides is 1. The fraction of sp³-hybridized carbons (Fsp3) is 0.636. The van der Waals surface area contributed by atoms with E-state index in [-0.39, 0.29) is 5.91 Å². The molecule has 1 N–H and O–H groups in total. The summed E-state index contributed by atoms with van der Waals surface area (Å²) in [6, 6.07) is 2.09. The minimum absolute atomic E-state index is 0.0782. The quantitative estimate of drug-likeness (QED) is 0.823. The smallest absolute Gasteiger partial charge is 0.275 e. The lowest BCUT2D eigenvalue weighted by atomic mass is 10.2. The molecule has 5 nitrogen and oxygen atoms in total. The molecule has 88 valence electrons. The first-order chi connectivity index (χ1) is 7.66. The monoisotopic (exact) mass is 223 g/mol. The van der Waals surface area contributed by atoms with Gasteiger partial charge in [-0.2, -0.15) is 0 Å². The molecule has 0 radical (unpaired) electrons. The summed E-state index contributed by atoms with van der Waals surface area (Å²) in [6.45, 7) is 3.56. The molecule has 2 rings (SSSR count). The molecule has 1 atom stereocenters. The van der Waals surface area contributed by atoms with Crippen LogP contribution in [0.3, 0.4) is 0 Å². The zero-order valence-electron chi connectivity index (χ0n) is 9.69. The molecule has 1 amide bonds. The van der Waals surface area contributed by atoms with Crippen molar-refractivity contribution in [2.24, 2.45) is 0 Å². The van der Waals surface area contributed by atoms with Crippen molar-refractivity contribution in [1.82, 2.24) is 15.4 Å². The molecule has 1 saturated heterocycles. The highest BCUT2D eigenvalue weighted by Gasteiger charge is 2.21. The van der Waals surface area contributed by atoms with E-state index in [9.17, 15) is 4.79 Å². The molecule has 1 aromatic heterocycles. The highest BCUT2D eigenvalue weighted by Crippen LogP contribution is 2.09. The molecule has 1 fully saturated rings. The lowest BCUT2D eigenvalue weighted by Gasteiger charge is -2.20. The summed E-state index contributed by atoms with van der Waals surface area (Å²) in [5, 5.41) is 7.09. The van der Waals surface area contributed by atoms with E-state index >= 15 is 0 Å². The topological polar surface area (TPSA) is 58.4 Å². The van der Waals surface area contributed by atoms with Gasteiger partial charge in [-0.05, 0) is 26.3 Å². The van der Waals surface area contributed by atoms with Crippen LogP contribution in [0.15, 0.2) is 10.6 Å². The Morgan fingerprint density at radius 2 is 2.56 bits per heavy atom. The maximum atomic E-state index is 11.9. The van der Waals surface area contributed by atoms with Crippen LogP contribution < -0.4 is 5.32 Å². The Kier molecular flexibility index (Phi) is 3.24. The lowest BCUT2D eigenvalue weighted by Crippen LogP contribution is -2.38. The molecule has 0 bridgehead atoms. The molecular weight excluding hydrogens is 206 g/mol. The summed E-state index contributed by atoms with van der Waals surface area (Å²) in [5.41, 5.74) is 0.387. The number of aromatic nitrogens is 1. The highest BCUT2D eigenvalue weighted by atomic mass is 16.5. The maximum Gasteiger partial charge on any atom is 0.275 e. The van der Waals surface area contributed by atoms with Crippen LogP contribution in [0.4, 0.5) is 0 Å². The Labute approximate surface area is 94.8 Å². The van der Waals surface area contributed by atoms with E-state index in [2.05, 4.69) is 10.5 Å². The van der Waals surface area contributed by atoms with Gasteiger partial charge in [0.15, 0.2) is 5.69 Å². The number of nitrogens with one attached hydrogen (secondary N) is 1. The first-order valence-corrected chi connectivity index (χ1v) is 5.59. The SMILES string of the molecule is Cc1cc(C(=O)N(C)CC2CCCN2)no1. The van der Waals surface area contributed by atoms with E-state index in [0.29, 0.717) is 17.5 Å². The number of hydrogen-bond donors (Lipinski definition) is 1. The molecule has 0 saturated carbocycles. The minimum atomic E-state index is -0.0782. The number of carbonyl (C=O) groups is 1. The van der Waals surface area contributed by atoms with Crippen molar-refractivity contribution in [2.75, 3.05) is 20.1 Å². The number of hydrogen-bond acceptors (Lipinski definition) is 4. The Morgan fingerprint density at radius 3 is 3.12 bits per heavy atom. The van der Waals surface area contributed by atoms with Gasteiger partial charge in [0, 0.05) is 25.7 Å². The number of carbonyl (C=O) groups excluding carboxylic acids is 1. The van der Waals surface area contributed by atoms with Gasteiger partial charge in [-0.25, -0.2) is 0 Å². The standard InChI is InChI=1S/C11H17N3O2/c1-8-6-10(13-16-8)11(15)14(2)7-9-4-3-5-12-9/h6,9,12H,3-5,7H2,1-2H3. The summed E-state index contributed by atoms with van der Waals surface area (Å²) in [4.78, 5) is 13.6. The van der Waals surface area contributed by atoms with Crippen LogP contribution in [0.2, 0.25) is 0 Å². The van der Waals surface area contributed by atoms with Crippen molar-refractivity contribution in [3.05, 3.63) is 17.5 Å². The van der Waals surface area contributed by atoms with Gasteiger partial charge >= 0.3 is 0 Å². The van der Waals surface area contributed by atoms with E-state index in [1.54, 1.807) is 24.9 Å². The molecule has 16 heavy (non-hydrogen) atoms. The van der Waals surface area contributed by atoms with Gasteiger partial charge in [-0.3, -0.25) is 4.79 Å². The largest absolute Gasteiger partial charge is 0.361 e. The Bertz CT molecular complexity index is 369. The zero-order chi connectivity index (χ0) is 11.5. The zero-order valence-corrected chi connectivity index (χ0v) is 9.69. The number of aryl methyl sites for hydroxylation is 1. The van der Waals surface area contributed by atoms with Crippen LogP contribution in [0.25, 0.3) is 0 Å². The predicted molar refractivity (Wildman–Crippen MR) is 59.2 cm³/mol. The normalized spacial score (nSPS) is 20.0. The molecule has 1 aliphatic rings. The third kappa shape index (κ3) is 2.41. The first-order valence-electron chi connectivity index (χ1n) is 5.59. The van der Waals surface area contributed by atoms with Gasteiger partial charge in [0.2, 0.25) is 0 Å². The minimum Gasteiger partial charge on any atom is -0.361 e. The third-order valence-electron chi connectivity index (χ3n) is 2.85. The molecule has 2 heterocycles. The average Bonchev–Trinajstić information content (AvgIpc) is 2.88. The molecule has 0 aliphatic carbocycles. The Balaban J connectivity index is 1.93. The summed E-state index contributed by atoms with van der Waals surface area (Å²) >= 11 is 0. The van der Waals surface area contributed by atoms with Crippen molar-refractivity contribution in [2.45, 2.75) is 25.8 Å². The summed E-state index contributed by atoms with van der Waals surface area (Å²) < 4.78 is 4.89. The van der Waals surface area contributed by atoms with Gasteiger partial charge in [-0.1, -0.05) is 5.16 Å². The molecular formula is C11H17N3O2. The van der Waals surface area contributed by atoms with E-state index in [0.717, 1.165) is 19.5 Å². The molecule has 1 unspecified atom stereocenters. The molecule has 5 heteroatoms. The second-order valence-corrected chi connectivity index (χ2v) is 4.30. The number of rotatable bonds is 3. The van der Waals surface area contributed by atoms with Crippen molar-refractivity contribution in [1.29, 1.82) is 0 Å². The van der Waals surface area contributed by atoms with Gasteiger partial charge in [0.25, 0.3) is 5.91 Å². The van der Waals surface area contributed by atoms with Crippen LogP contribution in [0.5, 0.6) is 0 Å². The Hall–Kier alpha value is -1.36. The molecule has 1 aromatic rings. The molecule has 0 spiro atoms. The van der Waals surface area contributed by atoms with Gasteiger partial charge in [-0.15, -0.1) is 0 Å². The summed E-state index contributed by atoms with van der Waals surface area (Å²) in [7, 11) is 1.80. The first kappa shape index (κ1) is 11.1. The van der Waals surface area contributed by atoms with Crippen molar-refractivity contribution in [3.63, 3.8) is 0 Å². The van der Waals surface area contributed by atoms with Crippen molar-refractivity contribution < 1.29 is 9.32 Å². The van der Waals surface area contributed by atoms with Crippen LogP contribution >= 0.6 is 0 Å². The summed E-state index contributed by atoms with van der Waals surface area (Å²) in [6.07, 6.45) is 2.32. The van der Waals surface area contributed by atoms with Crippen molar-refractivity contribution in [3.8, 4) is 0 Å². The second kappa shape index (κ2) is 4.65. The highest BCUT2D eigenvalue weighted by molar-refractivity contribution is 5.92. The van der Waals surface area contributed by atoms with Crippen LogP contribution in [0.1, 0.15) is 29.1 Å². The fourth-order valence-electron chi connectivity index (χ4n) is 1.99. The molecule has 1 aliphatic heterocycles. The van der Waals surface area contributed by atoms with Crippen LogP contribution in [-0.4, -0.2) is 42.1 Å². The summed E-state index contributed by atoms with van der Waals surface area (Å²) in [5.74, 6) is 0.585. The van der Waals surface area contributed by atoms with Crippen molar-refractivity contribution >= 4 is 5.91 Å². The molecule has 0 aromatic carbocycles. The lowest BCUT2D eigenvalue weighted by molar-refractivity contribution is 0.0773. The Morgan fingerprint density at radius 1 is 1.75 bits per heavy atom. The maximum absolute atomic E-state index is 11.9. The van der Waals surface area contributed by atoms with Gasteiger partial charge in [0.1, 0.15) is 5.76 Å². The second-order valence-electron chi connectivity index (χ2n) is 4.30. The third-order valence-corrected chi connectivity index (χ3v) is 2.85. The van der Waals surface area contributed by atoms with Crippen LogP contribution in [-0.2, 0) is 0 Å². The number of likely N-dealkylation sites (N-methyl/N-ethyl adjacent to an activating group) is 1. The fourth-order valence-corrected chi connectivity index (χ4v) is 1.99. The van der Waals surface area contributed by atoms with E-state index < -0.39 is 0 Å². The van der Waals surface area contributed by atoms with Crippen LogP contribution in [0, 0.1) is 6.92 Å². The van der Waals surface area contributed by atoms with E-state index in [4.69, 9.17) is 4.52 Å². The average molecular weight is 223 g/mol. The predicted octanol–water partition coefficient (Wildman–Crippen LogP) is 0.807. The van der Waals surface area contributed by atoms with E-state index in [1.165, 1.54) is 6.42 Å². The van der Waals surface area contributed by atoms with Gasteiger partial charge < -0.3 is 14.7 Å². The van der Waals surface area contributed by atoms with E-state index in [1.807, 2.05) is 0 Å². The number of nitrogens with zero attached hydrogens (tertiary/aromatic N) is 2.